The lowest BCUT2D eigenvalue weighted by molar-refractivity contribution is 0.0690. The van der Waals surface area contributed by atoms with Gasteiger partial charge in [-0.1, -0.05) is 22.0 Å². The number of rotatable bonds is 2. The van der Waals surface area contributed by atoms with Gasteiger partial charge in [-0.3, -0.25) is 0 Å². The quantitative estimate of drug-likeness (QED) is 0.920. The van der Waals surface area contributed by atoms with Gasteiger partial charge in [0.15, 0.2) is 5.69 Å². The van der Waals surface area contributed by atoms with Crippen LogP contribution in [0.1, 0.15) is 16.1 Å². The van der Waals surface area contributed by atoms with Gasteiger partial charge in [0.2, 0.25) is 0 Å². The van der Waals surface area contributed by atoms with E-state index in [9.17, 15) is 4.79 Å². The zero-order chi connectivity index (χ0) is 11.7. The molecule has 0 amide bonds. The summed E-state index contributed by atoms with van der Waals surface area (Å²) in [6.45, 7) is 1.95. The summed E-state index contributed by atoms with van der Waals surface area (Å²) in [5.41, 5.74) is 1.93. The van der Waals surface area contributed by atoms with Crippen LogP contribution in [0.25, 0.3) is 5.69 Å². The van der Waals surface area contributed by atoms with Crippen LogP contribution >= 0.6 is 15.9 Å². The van der Waals surface area contributed by atoms with Crippen molar-refractivity contribution in [3.8, 4) is 5.69 Å². The molecule has 1 heterocycles. The van der Waals surface area contributed by atoms with E-state index in [-0.39, 0.29) is 5.69 Å². The molecule has 2 aromatic rings. The third-order valence-electron chi connectivity index (χ3n) is 2.23. The Labute approximate surface area is 101 Å². The number of hydrogen-bond acceptors (Lipinski definition) is 2. The smallest absolute Gasteiger partial charge is 0.356 e. The monoisotopic (exact) mass is 280 g/mol. The van der Waals surface area contributed by atoms with Gasteiger partial charge in [0, 0.05) is 10.7 Å². The average Bonchev–Trinajstić information content (AvgIpc) is 2.70. The van der Waals surface area contributed by atoms with Crippen LogP contribution in [0.3, 0.4) is 0 Å². The molecule has 4 nitrogen and oxygen atoms in total. The molecule has 0 radical (unpaired) electrons. The molecule has 0 aliphatic rings. The molecule has 1 aromatic carbocycles. The Morgan fingerprint density at radius 2 is 2.19 bits per heavy atom. The second-order valence-corrected chi connectivity index (χ2v) is 4.30. The molecule has 0 saturated heterocycles. The molecule has 5 heteroatoms. The van der Waals surface area contributed by atoms with Gasteiger partial charge in [0.25, 0.3) is 0 Å². The Balaban J connectivity index is 2.50. The van der Waals surface area contributed by atoms with Crippen molar-refractivity contribution in [3.63, 3.8) is 0 Å². The Morgan fingerprint density at radius 3 is 2.81 bits per heavy atom. The van der Waals surface area contributed by atoms with Crippen LogP contribution < -0.4 is 0 Å². The minimum absolute atomic E-state index is 0.0411. The first-order chi connectivity index (χ1) is 7.58. The molecule has 2 rings (SSSR count). The van der Waals surface area contributed by atoms with Crippen LogP contribution in [-0.4, -0.2) is 20.9 Å². The lowest BCUT2D eigenvalue weighted by atomic mass is 10.2. The molecule has 0 unspecified atom stereocenters. The lowest BCUT2D eigenvalue weighted by Crippen LogP contribution is -2.02. The summed E-state index contributed by atoms with van der Waals surface area (Å²) in [5.74, 6) is -1.02. The van der Waals surface area contributed by atoms with Gasteiger partial charge in [-0.05, 0) is 30.7 Å². The Kier molecular flexibility index (Phi) is 2.78. The summed E-state index contributed by atoms with van der Waals surface area (Å²) < 4.78 is 2.49. The van der Waals surface area contributed by atoms with Crippen LogP contribution in [-0.2, 0) is 0 Å². The van der Waals surface area contributed by atoms with Gasteiger partial charge in [-0.25, -0.2) is 9.48 Å². The first kappa shape index (κ1) is 10.9. The fraction of sp³-hybridized carbons (Fsp3) is 0.0909. The van der Waals surface area contributed by atoms with Gasteiger partial charge in [0.1, 0.15) is 0 Å². The molecule has 0 bridgehead atoms. The van der Waals surface area contributed by atoms with Gasteiger partial charge in [-0.15, -0.1) is 0 Å². The average molecular weight is 281 g/mol. The normalized spacial score (nSPS) is 10.4. The summed E-state index contributed by atoms with van der Waals surface area (Å²) in [6.07, 6.45) is 1.64. The standard InChI is InChI=1S/C11H9BrN2O2/c1-7-2-3-8(12)6-10(7)14-5-4-9(13-14)11(15)16/h2-6H,1H3,(H,15,16). The number of carboxylic acids is 1. The Bertz CT molecular complexity index is 549. The van der Waals surface area contributed by atoms with Crippen molar-refractivity contribution in [2.75, 3.05) is 0 Å². The van der Waals surface area contributed by atoms with Crippen molar-refractivity contribution < 1.29 is 9.90 Å². The van der Waals surface area contributed by atoms with E-state index in [1.165, 1.54) is 6.07 Å². The fourth-order valence-corrected chi connectivity index (χ4v) is 1.75. The van der Waals surface area contributed by atoms with E-state index in [0.717, 1.165) is 15.7 Å². The molecular formula is C11H9BrN2O2. The number of aryl methyl sites for hydroxylation is 1. The molecule has 0 atom stereocenters. The van der Waals surface area contributed by atoms with E-state index in [1.807, 2.05) is 25.1 Å². The maximum Gasteiger partial charge on any atom is 0.356 e. The highest BCUT2D eigenvalue weighted by Gasteiger charge is 2.09. The van der Waals surface area contributed by atoms with Crippen molar-refractivity contribution >= 4 is 21.9 Å². The first-order valence-corrected chi connectivity index (χ1v) is 5.43. The number of aromatic nitrogens is 2. The molecule has 0 saturated carbocycles. The first-order valence-electron chi connectivity index (χ1n) is 4.63. The van der Waals surface area contributed by atoms with Crippen LogP contribution in [0.5, 0.6) is 0 Å². The summed E-state index contributed by atoms with van der Waals surface area (Å²) in [4.78, 5) is 10.7. The van der Waals surface area contributed by atoms with Crippen molar-refractivity contribution in [3.05, 3.63) is 46.2 Å². The van der Waals surface area contributed by atoms with Crippen molar-refractivity contribution in [1.29, 1.82) is 0 Å². The number of aromatic carboxylic acids is 1. The molecule has 16 heavy (non-hydrogen) atoms. The predicted molar refractivity (Wildman–Crippen MR) is 63.0 cm³/mol. The van der Waals surface area contributed by atoms with Crippen molar-refractivity contribution in [2.24, 2.45) is 0 Å². The predicted octanol–water partition coefficient (Wildman–Crippen LogP) is 2.64. The van der Waals surface area contributed by atoms with E-state index in [4.69, 9.17) is 5.11 Å². The van der Waals surface area contributed by atoms with E-state index in [0.29, 0.717) is 0 Å². The van der Waals surface area contributed by atoms with E-state index >= 15 is 0 Å². The highest BCUT2D eigenvalue weighted by atomic mass is 79.9. The number of halogens is 1. The minimum Gasteiger partial charge on any atom is -0.476 e. The topological polar surface area (TPSA) is 55.1 Å². The molecule has 82 valence electrons. The third-order valence-corrected chi connectivity index (χ3v) is 2.72. The molecule has 0 aliphatic heterocycles. The number of carbonyl (C=O) groups is 1. The summed E-state index contributed by atoms with van der Waals surface area (Å²) in [7, 11) is 0. The van der Waals surface area contributed by atoms with Gasteiger partial charge in [0.05, 0.1) is 5.69 Å². The van der Waals surface area contributed by atoms with Crippen LogP contribution in [0, 0.1) is 6.92 Å². The molecule has 0 aliphatic carbocycles. The summed E-state index contributed by atoms with van der Waals surface area (Å²) >= 11 is 3.37. The zero-order valence-corrected chi connectivity index (χ0v) is 10.1. The van der Waals surface area contributed by atoms with Gasteiger partial charge >= 0.3 is 5.97 Å². The second-order valence-electron chi connectivity index (χ2n) is 3.38. The third kappa shape index (κ3) is 1.99. The molecule has 1 N–H and O–H groups in total. The SMILES string of the molecule is Cc1ccc(Br)cc1-n1ccc(C(=O)O)n1. The zero-order valence-electron chi connectivity index (χ0n) is 8.51. The van der Waals surface area contributed by atoms with Crippen molar-refractivity contribution in [1.82, 2.24) is 9.78 Å². The number of nitrogens with zero attached hydrogens (tertiary/aromatic N) is 2. The van der Waals surface area contributed by atoms with Crippen molar-refractivity contribution in [2.45, 2.75) is 6.92 Å². The number of benzene rings is 1. The molecule has 0 fully saturated rings. The Hall–Kier alpha value is -1.62. The maximum absolute atomic E-state index is 10.7. The number of carboxylic acid groups (broad SMARTS) is 1. The molecule has 1 aromatic heterocycles. The summed E-state index contributed by atoms with van der Waals surface area (Å²) in [6, 6.07) is 7.25. The lowest BCUT2D eigenvalue weighted by Gasteiger charge is -2.05. The van der Waals surface area contributed by atoms with Gasteiger partial charge in [-0.2, -0.15) is 5.10 Å². The van der Waals surface area contributed by atoms with Crippen LogP contribution in [0.2, 0.25) is 0 Å². The van der Waals surface area contributed by atoms with E-state index < -0.39 is 5.97 Å². The second kappa shape index (κ2) is 4.09. The van der Waals surface area contributed by atoms with E-state index in [1.54, 1.807) is 10.9 Å². The maximum atomic E-state index is 10.7. The minimum atomic E-state index is -1.02. The van der Waals surface area contributed by atoms with E-state index in [2.05, 4.69) is 21.0 Å². The van der Waals surface area contributed by atoms with Gasteiger partial charge < -0.3 is 5.11 Å². The number of hydrogen-bond donors (Lipinski definition) is 1. The van der Waals surface area contributed by atoms with Crippen LogP contribution in [0.4, 0.5) is 0 Å². The molecule has 0 spiro atoms. The van der Waals surface area contributed by atoms with Crippen LogP contribution in [0.15, 0.2) is 34.9 Å². The highest BCUT2D eigenvalue weighted by molar-refractivity contribution is 9.10. The fourth-order valence-electron chi connectivity index (χ4n) is 1.40. The Morgan fingerprint density at radius 1 is 1.44 bits per heavy atom. The summed E-state index contributed by atoms with van der Waals surface area (Å²) in [5, 5.41) is 12.8. The largest absolute Gasteiger partial charge is 0.476 e. The molecular weight excluding hydrogens is 272 g/mol. The highest BCUT2D eigenvalue weighted by Crippen LogP contribution is 2.19.